The predicted octanol–water partition coefficient (Wildman–Crippen LogP) is 2.30. The van der Waals surface area contributed by atoms with Crippen molar-refractivity contribution in [3.63, 3.8) is 0 Å². The molecule has 1 aromatic carbocycles. The zero-order chi connectivity index (χ0) is 11.3. The van der Waals surface area contributed by atoms with Crippen LogP contribution in [0.15, 0.2) is 27.8 Å². The molecule has 0 N–H and O–H groups in total. The Labute approximate surface area is 96.0 Å². The molecule has 0 bridgehead atoms. The van der Waals surface area contributed by atoms with Crippen LogP contribution in [0.25, 0.3) is 0 Å². The molecule has 5 heteroatoms. The van der Waals surface area contributed by atoms with Gasteiger partial charge in [0, 0.05) is 4.47 Å². The summed E-state index contributed by atoms with van der Waals surface area (Å²) in [6, 6.07) is 5.36. The lowest BCUT2D eigenvalue weighted by Gasteiger charge is -2.04. The number of carbonyl (C=O) groups excluding carboxylic acids is 1. The molecule has 1 rings (SSSR count). The van der Waals surface area contributed by atoms with Gasteiger partial charge in [-0.2, -0.15) is 0 Å². The summed E-state index contributed by atoms with van der Waals surface area (Å²) in [5, 5.41) is 3.31. The van der Waals surface area contributed by atoms with Crippen LogP contribution >= 0.6 is 15.9 Å². The third-order valence-corrected chi connectivity index (χ3v) is 2.10. The molecule has 15 heavy (non-hydrogen) atoms. The fourth-order valence-corrected chi connectivity index (χ4v) is 1.43. The third kappa shape index (κ3) is 3.71. The van der Waals surface area contributed by atoms with E-state index in [1.807, 2.05) is 13.0 Å². The number of aryl methyl sites for hydroxylation is 1. The summed E-state index contributed by atoms with van der Waals surface area (Å²) in [4.78, 5) is 15.5. The second-order valence-corrected chi connectivity index (χ2v) is 3.66. The third-order valence-electron chi connectivity index (χ3n) is 1.61. The van der Waals surface area contributed by atoms with Crippen LogP contribution in [0.3, 0.4) is 0 Å². The van der Waals surface area contributed by atoms with Gasteiger partial charge in [-0.3, -0.25) is 0 Å². The Hall–Kier alpha value is -1.36. The van der Waals surface area contributed by atoms with Gasteiger partial charge in [0.05, 0.1) is 0 Å². The monoisotopic (exact) mass is 271 g/mol. The molecule has 0 fully saturated rings. The van der Waals surface area contributed by atoms with Crippen LogP contribution < -0.4 is 4.74 Å². The molecule has 4 nitrogen and oxygen atoms in total. The van der Waals surface area contributed by atoms with E-state index in [0.29, 0.717) is 5.75 Å². The Morgan fingerprint density at radius 1 is 1.53 bits per heavy atom. The summed E-state index contributed by atoms with van der Waals surface area (Å²) in [7, 11) is 1.36. The van der Waals surface area contributed by atoms with Crippen LogP contribution in [-0.2, 0) is 9.63 Å². The van der Waals surface area contributed by atoms with E-state index in [9.17, 15) is 4.79 Å². The van der Waals surface area contributed by atoms with E-state index in [-0.39, 0.29) is 0 Å². The average molecular weight is 272 g/mol. The first-order valence-electron chi connectivity index (χ1n) is 4.18. The Kier molecular flexibility index (Phi) is 4.30. The first-order chi connectivity index (χ1) is 7.13. The smallest absolute Gasteiger partial charge is 0.358 e. The summed E-state index contributed by atoms with van der Waals surface area (Å²) >= 11 is 3.32. The number of carbonyl (C=O) groups is 1. The lowest BCUT2D eigenvalue weighted by Crippen LogP contribution is -2.09. The van der Waals surface area contributed by atoms with Crippen molar-refractivity contribution in [2.45, 2.75) is 6.92 Å². The largest absolute Gasteiger partial charge is 0.422 e. The maximum absolute atomic E-state index is 11.1. The molecular formula is C10H10BrNO3. The minimum atomic E-state index is -0.567. The highest BCUT2D eigenvalue weighted by Gasteiger charge is 2.04. The first-order valence-corrected chi connectivity index (χ1v) is 4.97. The normalized spacial score (nSPS) is 10.3. The molecule has 0 radical (unpaired) electrons. The number of esters is 1. The number of hydrogen-bond acceptors (Lipinski definition) is 4. The molecule has 80 valence electrons. The summed E-state index contributed by atoms with van der Waals surface area (Å²) in [5.41, 5.74) is 0.864. The molecule has 0 spiro atoms. The van der Waals surface area contributed by atoms with E-state index in [1.54, 1.807) is 12.1 Å². The van der Waals surface area contributed by atoms with Gasteiger partial charge in [-0.05, 0) is 30.7 Å². The van der Waals surface area contributed by atoms with Gasteiger partial charge in [0.15, 0.2) is 6.21 Å². The number of benzene rings is 1. The van der Waals surface area contributed by atoms with Crippen LogP contribution in [0.5, 0.6) is 5.75 Å². The Bertz CT molecular complexity index is 390. The zero-order valence-corrected chi connectivity index (χ0v) is 9.95. The molecule has 0 unspecified atom stereocenters. The standard InChI is InChI=1S/C10H10BrNO3/c1-7-5-8(11)3-4-9(7)15-10(13)6-12-14-2/h3-6H,1-2H3. The number of halogens is 1. The fraction of sp³-hybridized carbons (Fsp3) is 0.200. The Morgan fingerprint density at radius 3 is 2.87 bits per heavy atom. The summed E-state index contributed by atoms with van der Waals surface area (Å²) in [6.07, 6.45) is 0.974. The highest BCUT2D eigenvalue weighted by molar-refractivity contribution is 9.10. The molecule has 0 aliphatic carbocycles. The molecule has 0 saturated heterocycles. The molecule has 0 aromatic heterocycles. The quantitative estimate of drug-likeness (QED) is 0.367. The molecule has 0 aliphatic rings. The lowest BCUT2D eigenvalue weighted by atomic mass is 10.2. The number of ether oxygens (including phenoxy) is 1. The van der Waals surface area contributed by atoms with E-state index in [0.717, 1.165) is 16.3 Å². The van der Waals surface area contributed by atoms with Gasteiger partial charge in [-0.15, -0.1) is 0 Å². The minimum absolute atomic E-state index is 0.505. The minimum Gasteiger partial charge on any atom is -0.422 e. The van der Waals surface area contributed by atoms with Crippen LogP contribution in [-0.4, -0.2) is 19.3 Å². The Morgan fingerprint density at radius 2 is 2.27 bits per heavy atom. The van der Waals surface area contributed by atoms with Crippen molar-refractivity contribution >= 4 is 28.1 Å². The van der Waals surface area contributed by atoms with E-state index in [2.05, 4.69) is 25.9 Å². The maximum atomic E-state index is 11.1. The fourth-order valence-electron chi connectivity index (χ4n) is 0.958. The van der Waals surface area contributed by atoms with Crippen LogP contribution in [0, 0.1) is 6.92 Å². The predicted molar refractivity (Wildman–Crippen MR) is 60.0 cm³/mol. The molecule has 0 amide bonds. The number of oxime groups is 1. The molecule has 0 heterocycles. The van der Waals surface area contributed by atoms with Crippen molar-refractivity contribution < 1.29 is 14.4 Å². The van der Waals surface area contributed by atoms with Gasteiger partial charge in [0.2, 0.25) is 0 Å². The molecule has 0 saturated carbocycles. The van der Waals surface area contributed by atoms with Gasteiger partial charge in [-0.1, -0.05) is 21.1 Å². The SMILES string of the molecule is CON=CC(=O)Oc1ccc(Br)cc1C. The second-order valence-electron chi connectivity index (χ2n) is 2.75. The van der Waals surface area contributed by atoms with Crippen LogP contribution in [0.2, 0.25) is 0 Å². The second kappa shape index (κ2) is 5.50. The first kappa shape index (κ1) is 11.7. The molecule has 0 atom stereocenters. The number of hydrogen-bond donors (Lipinski definition) is 0. The maximum Gasteiger partial charge on any atom is 0.358 e. The topological polar surface area (TPSA) is 47.9 Å². The van der Waals surface area contributed by atoms with Crippen molar-refractivity contribution in [2.24, 2.45) is 5.16 Å². The highest BCUT2D eigenvalue weighted by atomic mass is 79.9. The van der Waals surface area contributed by atoms with Gasteiger partial charge < -0.3 is 9.57 Å². The van der Waals surface area contributed by atoms with E-state index in [1.165, 1.54) is 7.11 Å². The van der Waals surface area contributed by atoms with Gasteiger partial charge in [0.1, 0.15) is 12.9 Å². The molecule has 1 aromatic rings. The van der Waals surface area contributed by atoms with Crippen molar-refractivity contribution in [2.75, 3.05) is 7.11 Å². The summed E-state index contributed by atoms with van der Waals surface area (Å²) in [5.74, 6) is -0.0620. The van der Waals surface area contributed by atoms with Crippen molar-refractivity contribution in [1.82, 2.24) is 0 Å². The molecule has 0 aliphatic heterocycles. The highest BCUT2D eigenvalue weighted by Crippen LogP contribution is 2.21. The van der Waals surface area contributed by atoms with Crippen LogP contribution in [0.1, 0.15) is 5.56 Å². The summed E-state index contributed by atoms with van der Waals surface area (Å²) < 4.78 is 5.95. The van der Waals surface area contributed by atoms with Crippen molar-refractivity contribution in [3.05, 3.63) is 28.2 Å². The van der Waals surface area contributed by atoms with E-state index < -0.39 is 5.97 Å². The zero-order valence-electron chi connectivity index (χ0n) is 8.36. The number of rotatable bonds is 3. The van der Waals surface area contributed by atoms with E-state index in [4.69, 9.17) is 4.74 Å². The van der Waals surface area contributed by atoms with Gasteiger partial charge >= 0.3 is 5.97 Å². The van der Waals surface area contributed by atoms with Crippen LogP contribution in [0.4, 0.5) is 0 Å². The van der Waals surface area contributed by atoms with Crippen molar-refractivity contribution in [3.8, 4) is 5.75 Å². The Balaban J connectivity index is 2.72. The van der Waals surface area contributed by atoms with E-state index >= 15 is 0 Å². The number of nitrogens with zero attached hydrogens (tertiary/aromatic N) is 1. The van der Waals surface area contributed by atoms with Crippen molar-refractivity contribution in [1.29, 1.82) is 0 Å². The van der Waals surface area contributed by atoms with Gasteiger partial charge in [-0.25, -0.2) is 4.79 Å². The lowest BCUT2D eigenvalue weighted by molar-refractivity contribution is -0.126. The average Bonchev–Trinajstić information content (AvgIpc) is 2.19. The van der Waals surface area contributed by atoms with Gasteiger partial charge in [0.25, 0.3) is 0 Å². The summed E-state index contributed by atoms with van der Waals surface area (Å²) in [6.45, 7) is 1.85. The molecular weight excluding hydrogens is 262 g/mol.